The van der Waals surface area contributed by atoms with E-state index >= 15 is 0 Å². The van der Waals surface area contributed by atoms with Crippen LogP contribution in [0.3, 0.4) is 0 Å². The number of nitrogens with two attached hydrogens (primary N) is 1. The smallest absolute Gasteiger partial charge is 0.248 e. The van der Waals surface area contributed by atoms with Gasteiger partial charge in [0.15, 0.2) is 0 Å². The van der Waals surface area contributed by atoms with Crippen molar-refractivity contribution in [2.24, 2.45) is 11.1 Å². The van der Waals surface area contributed by atoms with Gasteiger partial charge in [-0.3, -0.25) is 4.79 Å². The second-order valence-electron chi connectivity index (χ2n) is 7.40. The molecule has 3 N–H and O–H groups in total. The summed E-state index contributed by atoms with van der Waals surface area (Å²) in [5.74, 6) is -0.364. The number of amides is 1. The van der Waals surface area contributed by atoms with Gasteiger partial charge in [0.05, 0.1) is 0 Å². The highest BCUT2D eigenvalue weighted by molar-refractivity contribution is 5.95. The van der Waals surface area contributed by atoms with Crippen LogP contribution in [0.15, 0.2) is 48.5 Å². The number of hydrogen-bond donors (Lipinski definition) is 2. The molecule has 1 aliphatic heterocycles. The molecule has 128 valence electrons. The number of fused-ring (bicyclic) bond motifs is 1. The molecular formula is C22H24N2O. The number of rotatable bonds is 2. The first kappa shape index (κ1) is 16.1. The summed E-state index contributed by atoms with van der Waals surface area (Å²) in [6.07, 6.45) is 5.95. The van der Waals surface area contributed by atoms with E-state index in [0.29, 0.717) is 5.56 Å². The van der Waals surface area contributed by atoms with Crippen molar-refractivity contribution in [2.45, 2.75) is 26.2 Å². The zero-order valence-corrected chi connectivity index (χ0v) is 14.6. The van der Waals surface area contributed by atoms with E-state index in [2.05, 4.69) is 41.7 Å². The van der Waals surface area contributed by atoms with Crippen LogP contribution in [0.2, 0.25) is 0 Å². The number of allylic oxidation sites excluding steroid dienone is 1. The van der Waals surface area contributed by atoms with Crippen molar-refractivity contribution in [3.05, 3.63) is 76.4 Å². The van der Waals surface area contributed by atoms with E-state index in [4.69, 9.17) is 5.73 Å². The summed E-state index contributed by atoms with van der Waals surface area (Å²) in [6, 6.07) is 14.7. The molecule has 2 aromatic rings. The molecule has 1 heterocycles. The normalized spacial score (nSPS) is 18.5. The van der Waals surface area contributed by atoms with Gasteiger partial charge in [-0.2, -0.15) is 0 Å². The lowest BCUT2D eigenvalue weighted by Gasteiger charge is -2.40. The molecule has 25 heavy (non-hydrogen) atoms. The van der Waals surface area contributed by atoms with Gasteiger partial charge >= 0.3 is 0 Å². The van der Waals surface area contributed by atoms with Crippen LogP contribution in [0.4, 0.5) is 0 Å². The Labute approximate surface area is 148 Å². The van der Waals surface area contributed by atoms with Crippen LogP contribution in [0.5, 0.6) is 0 Å². The van der Waals surface area contributed by atoms with Gasteiger partial charge < -0.3 is 11.1 Å². The van der Waals surface area contributed by atoms with E-state index in [1.807, 2.05) is 19.1 Å². The van der Waals surface area contributed by atoms with Crippen molar-refractivity contribution < 1.29 is 4.79 Å². The van der Waals surface area contributed by atoms with Crippen LogP contribution < -0.4 is 11.1 Å². The molecule has 1 amide bonds. The molecule has 3 nitrogen and oxygen atoms in total. The van der Waals surface area contributed by atoms with E-state index in [1.165, 1.54) is 35.1 Å². The third-order valence-electron chi connectivity index (χ3n) is 5.70. The second-order valence-corrected chi connectivity index (χ2v) is 7.40. The van der Waals surface area contributed by atoms with Gasteiger partial charge in [0.1, 0.15) is 0 Å². The number of hydrogen-bond acceptors (Lipinski definition) is 2. The third kappa shape index (κ3) is 2.89. The summed E-state index contributed by atoms with van der Waals surface area (Å²) < 4.78 is 0. The standard InChI is InChI=1S/C22H24N2O/c1-15-12-16(6-7-18(15)21(23)25)20-14-22(8-10-24-11-9-22)13-17-4-2-3-5-19(17)20/h2-7,12,14,24H,8-11,13H2,1H3,(H2,23,25). The highest BCUT2D eigenvalue weighted by atomic mass is 16.1. The number of carbonyl (C=O) groups excluding carboxylic acids is 1. The fraction of sp³-hybridized carbons (Fsp3) is 0.318. The van der Waals surface area contributed by atoms with Crippen LogP contribution >= 0.6 is 0 Å². The van der Waals surface area contributed by atoms with Crippen molar-refractivity contribution in [1.82, 2.24) is 5.32 Å². The van der Waals surface area contributed by atoms with Gasteiger partial charge in [-0.1, -0.05) is 42.5 Å². The fourth-order valence-electron chi connectivity index (χ4n) is 4.34. The fourth-order valence-corrected chi connectivity index (χ4v) is 4.34. The highest BCUT2D eigenvalue weighted by Crippen LogP contribution is 2.44. The number of piperidine rings is 1. The molecule has 4 rings (SSSR count). The maximum absolute atomic E-state index is 11.6. The summed E-state index contributed by atoms with van der Waals surface area (Å²) in [5, 5.41) is 3.48. The summed E-state index contributed by atoms with van der Waals surface area (Å²) in [6.45, 7) is 4.11. The lowest BCUT2D eigenvalue weighted by atomic mass is 9.67. The zero-order chi connectivity index (χ0) is 17.4. The molecule has 2 aliphatic rings. The average Bonchev–Trinajstić information content (AvgIpc) is 2.61. The minimum Gasteiger partial charge on any atom is -0.366 e. The van der Waals surface area contributed by atoms with E-state index in [-0.39, 0.29) is 11.3 Å². The van der Waals surface area contributed by atoms with Crippen molar-refractivity contribution in [3.63, 3.8) is 0 Å². The van der Waals surface area contributed by atoms with Gasteiger partial charge in [0.2, 0.25) is 5.91 Å². The van der Waals surface area contributed by atoms with Crippen LogP contribution in [0.25, 0.3) is 5.57 Å². The topological polar surface area (TPSA) is 55.1 Å². The monoisotopic (exact) mass is 332 g/mol. The predicted molar refractivity (Wildman–Crippen MR) is 101 cm³/mol. The van der Waals surface area contributed by atoms with Crippen LogP contribution in [-0.2, 0) is 6.42 Å². The molecule has 1 fully saturated rings. The summed E-state index contributed by atoms with van der Waals surface area (Å²) >= 11 is 0. The Morgan fingerprint density at radius 1 is 1.12 bits per heavy atom. The molecule has 1 saturated heterocycles. The molecule has 0 radical (unpaired) electrons. The van der Waals surface area contributed by atoms with Gasteiger partial charge in [0.25, 0.3) is 0 Å². The number of carbonyl (C=O) groups is 1. The van der Waals surface area contributed by atoms with Gasteiger partial charge in [-0.25, -0.2) is 0 Å². The van der Waals surface area contributed by atoms with E-state index < -0.39 is 0 Å². The van der Waals surface area contributed by atoms with Gasteiger partial charge in [0, 0.05) is 5.56 Å². The minimum absolute atomic E-state index is 0.241. The Bertz CT molecular complexity index is 860. The van der Waals surface area contributed by atoms with E-state index in [9.17, 15) is 4.79 Å². The average molecular weight is 332 g/mol. The molecule has 0 atom stereocenters. The van der Waals surface area contributed by atoms with Crippen molar-refractivity contribution in [2.75, 3.05) is 13.1 Å². The summed E-state index contributed by atoms with van der Waals surface area (Å²) in [4.78, 5) is 11.6. The Kier molecular flexibility index (Phi) is 3.97. The summed E-state index contributed by atoms with van der Waals surface area (Å²) in [7, 11) is 0. The van der Waals surface area contributed by atoms with Crippen LogP contribution in [-0.4, -0.2) is 19.0 Å². The molecule has 0 unspecified atom stereocenters. The molecule has 1 spiro atoms. The Morgan fingerprint density at radius 2 is 1.88 bits per heavy atom. The first-order valence-electron chi connectivity index (χ1n) is 9.01. The Balaban J connectivity index is 1.85. The third-order valence-corrected chi connectivity index (χ3v) is 5.70. The molecule has 0 aromatic heterocycles. The number of aryl methyl sites for hydroxylation is 1. The van der Waals surface area contributed by atoms with Crippen LogP contribution in [0, 0.1) is 12.3 Å². The molecular weight excluding hydrogens is 308 g/mol. The first-order valence-corrected chi connectivity index (χ1v) is 9.01. The highest BCUT2D eigenvalue weighted by Gasteiger charge is 2.35. The Morgan fingerprint density at radius 3 is 2.60 bits per heavy atom. The maximum atomic E-state index is 11.6. The van der Waals surface area contributed by atoms with Crippen molar-refractivity contribution in [3.8, 4) is 0 Å². The number of benzene rings is 2. The quantitative estimate of drug-likeness (QED) is 0.885. The van der Waals surface area contributed by atoms with Gasteiger partial charge in [-0.05, 0) is 78.6 Å². The van der Waals surface area contributed by atoms with Crippen molar-refractivity contribution >= 4 is 11.5 Å². The van der Waals surface area contributed by atoms with Crippen molar-refractivity contribution in [1.29, 1.82) is 0 Å². The minimum atomic E-state index is -0.364. The molecule has 0 bridgehead atoms. The predicted octanol–water partition coefficient (Wildman–Crippen LogP) is 3.45. The molecule has 0 saturated carbocycles. The number of primary amides is 1. The van der Waals surface area contributed by atoms with E-state index in [0.717, 1.165) is 25.1 Å². The molecule has 3 heteroatoms. The largest absolute Gasteiger partial charge is 0.366 e. The first-order chi connectivity index (χ1) is 12.1. The van der Waals surface area contributed by atoms with Crippen LogP contribution in [0.1, 0.15) is 45.5 Å². The molecule has 2 aromatic carbocycles. The SMILES string of the molecule is Cc1cc(C2=CC3(CCNCC3)Cc3ccccc32)ccc1C(N)=O. The maximum Gasteiger partial charge on any atom is 0.248 e. The number of nitrogens with one attached hydrogen (secondary N) is 1. The second kappa shape index (κ2) is 6.16. The van der Waals surface area contributed by atoms with Gasteiger partial charge in [-0.15, -0.1) is 0 Å². The lowest BCUT2D eigenvalue weighted by Crippen LogP contribution is -2.38. The summed E-state index contributed by atoms with van der Waals surface area (Å²) in [5.41, 5.74) is 12.5. The van der Waals surface area contributed by atoms with E-state index in [1.54, 1.807) is 0 Å². The Hall–Kier alpha value is -2.39. The lowest BCUT2D eigenvalue weighted by molar-refractivity contribution is 0.0999. The molecule has 1 aliphatic carbocycles. The zero-order valence-electron chi connectivity index (χ0n) is 14.6.